The summed E-state index contributed by atoms with van der Waals surface area (Å²) in [5.74, 6) is -3.03. The molecule has 0 unspecified atom stereocenters. The van der Waals surface area contributed by atoms with E-state index >= 15 is 0 Å². The smallest absolute Gasteiger partial charge is 0.154 e. The third-order valence-corrected chi connectivity index (χ3v) is 2.87. The Hall–Kier alpha value is -2.30. The highest BCUT2D eigenvalue weighted by atomic mass is 19.1. The lowest BCUT2D eigenvalue weighted by Gasteiger charge is -2.08. The Morgan fingerprint density at radius 3 is 2.35 bits per heavy atom. The molecule has 5 heteroatoms. The second kappa shape index (κ2) is 5.77. The minimum atomic E-state index is -1.03. The number of nitrogens with zero attached hydrogens (tertiary/aromatic N) is 1. The fourth-order valence-corrected chi connectivity index (χ4v) is 1.93. The number of anilines is 1. The van der Waals surface area contributed by atoms with Gasteiger partial charge in [-0.15, -0.1) is 0 Å². The first-order valence-electron chi connectivity index (χ1n) is 5.99. The SMILES string of the molecule is CNc1c(C)cccc1C=Nc1c(F)cc(F)cc1F. The summed E-state index contributed by atoms with van der Waals surface area (Å²) in [6, 6.07) is 6.69. The highest BCUT2D eigenvalue weighted by Crippen LogP contribution is 2.24. The molecule has 2 nitrogen and oxygen atoms in total. The molecule has 2 rings (SSSR count). The van der Waals surface area contributed by atoms with Crippen LogP contribution >= 0.6 is 0 Å². The van der Waals surface area contributed by atoms with Crippen LogP contribution in [0.15, 0.2) is 35.3 Å². The molecule has 0 aromatic heterocycles. The lowest BCUT2D eigenvalue weighted by molar-refractivity contribution is 0.547. The average molecular weight is 278 g/mol. The van der Waals surface area contributed by atoms with Gasteiger partial charge in [0.2, 0.25) is 0 Å². The number of halogens is 3. The molecule has 1 N–H and O–H groups in total. The quantitative estimate of drug-likeness (QED) is 0.836. The number of rotatable bonds is 3. The number of para-hydroxylation sites is 1. The predicted molar refractivity (Wildman–Crippen MR) is 74.3 cm³/mol. The van der Waals surface area contributed by atoms with E-state index in [-0.39, 0.29) is 0 Å². The van der Waals surface area contributed by atoms with Crippen LogP contribution in [0.2, 0.25) is 0 Å². The Kier molecular flexibility index (Phi) is 4.08. The molecule has 20 heavy (non-hydrogen) atoms. The molecule has 0 aliphatic carbocycles. The van der Waals surface area contributed by atoms with Crippen molar-refractivity contribution in [1.82, 2.24) is 0 Å². The summed E-state index contributed by atoms with van der Waals surface area (Å²) in [7, 11) is 1.75. The van der Waals surface area contributed by atoms with Crippen molar-refractivity contribution >= 4 is 17.6 Å². The molecule has 0 saturated carbocycles. The van der Waals surface area contributed by atoms with Crippen LogP contribution in [0, 0.1) is 24.4 Å². The minimum absolute atomic E-state index is 0.505. The molecule has 0 atom stereocenters. The van der Waals surface area contributed by atoms with Crippen LogP contribution in [-0.2, 0) is 0 Å². The molecule has 2 aromatic rings. The molecule has 0 spiro atoms. The van der Waals surface area contributed by atoms with Crippen LogP contribution in [0.1, 0.15) is 11.1 Å². The molecule has 0 radical (unpaired) electrons. The topological polar surface area (TPSA) is 24.4 Å². The van der Waals surface area contributed by atoms with Crippen molar-refractivity contribution in [2.45, 2.75) is 6.92 Å². The summed E-state index contributed by atoms with van der Waals surface area (Å²) >= 11 is 0. The molecule has 0 amide bonds. The van der Waals surface area contributed by atoms with Gasteiger partial charge in [0.05, 0.1) is 0 Å². The summed E-state index contributed by atoms with van der Waals surface area (Å²) in [6.07, 6.45) is 1.35. The van der Waals surface area contributed by atoms with Crippen LogP contribution in [0.3, 0.4) is 0 Å². The van der Waals surface area contributed by atoms with Crippen molar-refractivity contribution in [3.8, 4) is 0 Å². The van der Waals surface area contributed by atoms with Gasteiger partial charge >= 0.3 is 0 Å². The molecule has 2 aromatic carbocycles. The van der Waals surface area contributed by atoms with E-state index in [1.165, 1.54) is 6.21 Å². The van der Waals surface area contributed by atoms with Gasteiger partial charge in [0, 0.05) is 36.6 Å². The van der Waals surface area contributed by atoms with E-state index in [4.69, 9.17) is 0 Å². The Bertz CT molecular complexity index is 643. The van der Waals surface area contributed by atoms with Crippen LogP contribution in [0.4, 0.5) is 24.5 Å². The standard InChI is InChI=1S/C15H13F3N2/c1-9-4-3-5-10(14(9)19-2)8-20-15-12(17)6-11(16)7-13(15)18/h3-8,19H,1-2H3. The fraction of sp³-hybridized carbons (Fsp3) is 0.133. The predicted octanol–water partition coefficient (Wildman–Crippen LogP) is 4.20. The zero-order valence-corrected chi connectivity index (χ0v) is 11.0. The number of aryl methyl sites for hydroxylation is 1. The van der Waals surface area contributed by atoms with Crippen molar-refractivity contribution in [1.29, 1.82) is 0 Å². The highest BCUT2D eigenvalue weighted by Gasteiger charge is 2.10. The zero-order valence-electron chi connectivity index (χ0n) is 11.0. The molecule has 0 heterocycles. The van der Waals surface area contributed by atoms with Gasteiger partial charge in [-0.25, -0.2) is 18.2 Å². The molecule has 0 bridgehead atoms. The van der Waals surface area contributed by atoms with E-state index in [1.807, 2.05) is 19.1 Å². The zero-order chi connectivity index (χ0) is 14.7. The monoisotopic (exact) mass is 278 g/mol. The van der Waals surface area contributed by atoms with E-state index in [0.29, 0.717) is 17.7 Å². The van der Waals surface area contributed by atoms with Crippen molar-refractivity contribution < 1.29 is 13.2 Å². The Labute approximate surface area is 115 Å². The van der Waals surface area contributed by atoms with Crippen LogP contribution in [0.25, 0.3) is 0 Å². The van der Waals surface area contributed by atoms with Crippen molar-refractivity contribution in [2.24, 2.45) is 4.99 Å². The largest absolute Gasteiger partial charge is 0.387 e. The van der Waals surface area contributed by atoms with E-state index in [0.717, 1.165) is 11.3 Å². The minimum Gasteiger partial charge on any atom is -0.387 e. The molecular formula is C15H13F3N2. The van der Waals surface area contributed by atoms with Gasteiger partial charge in [0.25, 0.3) is 0 Å². The maximum atomic E-state index is 13.5. The van der Waals surface area contributed by atoms with Crippen molar-refractivity contribution in [2.75, 3.05) is 12.4 Å². The summed E-state index contributed by atoms with van der Waals surface area (Å²) in [6.45, 7) is 1.90. The molecule has 0 aliphatic rings. The second-order valence-electron chi connectivity index (χ2n) is 4.27. The van der Waals surface area contributed by atoms with Crippen LogP contribution in [-0.4, -0.2) is 13.3 Å². The van der Waals surface area contributed by atoms with Gasteiger partial charge in [0.15, 0.2) is 11.6 Å². The molecule has 0 fully saturated rings. The number of hydrogen-bond donors (Lipinski definition) is 1. The van der Waals surface area contributed by atoms with Crippen molar-refractivity contribution in [3.05, 3.63) is 58.9 Å². The number of nitrogens with one attached hydrogen (secondary N) is 1. The van der Waals surface area contributed by atoms with Gasteiger partial charge < -0.3 is 5.32 Å². The van der Waals surface area contributed by atoms with Gasteiger partial charge in [-0.1, -0.05) is 18.2 Å². The third-order valence-electron chi connectivity index (χ3n) is 2.87. The van der Waals surface area contributed by atoms with Crippen molar-refractivity contribution in [3.63, 3.8) is 0 Å². The first-order chi connectivity index (χ1) is 9.52. The molecular weight excluding hydrogens is 265 g/mol. The number of benzene rings is 2. The van der Waals surface area contributed by atoms with E-state index in [1.54, 1.807) is 13.1 Å². The van der Waals surface area contributed by atoms with Crippen LogP contribution < -0.4 is 5.32 Å². The van der Waals surface area contributed by atoms with Gasteiger partial charge in [-0.3, -0.25) is 0 Å². The number of hydrogen-bond acceptors (Lipinski definition) is 2. The summed E-state index contributed by atoms with van der Waals surface area (Å²) in [5.41, 5.74) is 1.99. The van der Waals surface area contributed by atoms with Crippen LogP contribution in [0.5, 0.6) is 0 Å². The summed E-state index contributed by atoms with van der Waals surface area (Å²) < 4.78 is 39.7. The third kappa shape index (κ3) is 2.82. The highest BCUT2D eigenvalue weighted by molar-refractivity contribution is 5.90. The molecule has 0 aliphatic heterocycles. The Morgan fingerprint density at radius 2 is 1.75 bits per heavy atom. The maximum absolute atomic E-state index is 13.5. The summed E-state index contributed by atoms with van der Waals surface area (Å²) in [4.78, 5) is 3.78. The average Bonchev–Trinajstić information content (AvgIpc) is 2.37. The van der Waals surface area contributed by atoms with E-state index in [2.05, 4.69) is 10.3 Å². The number of aliphatic imine (C=N–C) groups is 1. The van der Waals surface area contributed by atoms with E-state index < -0.39 is 23.1 Å². The lowest BCUT2D eigenvalue weighted by Crippen LogP contribution is -1.97. The normalized spacial score (nSPS) is 11.1. The van der Waals surface area contributed by atoms with Gasteiger partial charge in [-0.2, -0.15) is 0 Å². The second-order valence-corrected chi connectivity index (χ2v) is 4.27. The van der Waals surface area contributed by atoms with E-state index in [9.17, 15) is 13.2 Å². The Morgan fingerprint density at radius 1 is 1.10 bits per heavy atom. The first-order valence-corrected chi connectivity index (χ1v) is 5.99. The Balaban J connectivity index is 2.43. The lowest BCUT2D eigenvalue weighted by atomic mass is 10.1. The molecule has 104 valence electrons. The van der Waals surface area contributed by atoms with Gasteiger partial charge in [-0.05, 0) is 12.5 Å². The summed E-state index contributed by atoms with van der Waals surface area (Å²) in [5, 5.41) is 3.00. The first kappa shape index (κ1) is 14.1. The molecule has 0 saturated heterocycles. The van der Waals surface area contributed by atoms with Gasteiger partial charge in [0.1, 0.15) is 11.5 Å². The fourth-order valence-electron chi connectivity index (χ4n) is 1.93. The maximum Gasteiger partial charge on any atom is 0.154 e.